The van der Waals surface area contributed by atoms with Crippen molar-refractivity contribution >= 4 is 0 Å². The highest BCUT2D eigenvalue weighted by molar-refractivity contribution is 4.91. The van der Waals surface area contributed by atoms with E-state index in [4.69, 9.17) is 0 Å². The van der Waals surface area contributed by atoms with E-state index < -0.39 is 0 Å². The largest absolute Gasteiger partial charge is 0.301 e. The van der Waals surface area contributed by atoms with Crippen LogP contribution in [0, 0.1) is 6.92 Å². The Morgan fingerprint density at radius 3 is 2.38 bits per heavy atom. The van der Waals surface area contributed by atoms with Crippen LogP contribution in [0.25, 0.3) is 0 Å². The van der Waals surface area contributed by atoms with Gasteiger partial charge in [-0.1, -0.05) is 0 Å². The first kappa shape index (κ1) is 6.09. The van der Waals surface area contributed by atoms with Crippen LogP contribution in [0.2, 0.25) is 0 Å². The molecular formula is C7H14N. The fourth-order valence-electron chi connectivity index (χ4n) is 1.16. The maximum atomic E-state index is 4.08. The molecule has 1 radical (unpaired) electrons. The third-order valence-electron chi connectivity index (χ3n) is 2.13. The van der Waals surface area contributed by atoms with Crippen LogP contribution in [0.3, 0.4) is 0 Å². The first-order valence-electron chi connectivity index (χ1n) is 3.19. The summed E-state index contributed by atoms with van der Waals surface area (Å²) < 4.78 is 0. The topological polar surface area (TPSA) is 3.24 Å². The summed E-state index contributed by atoms with van der Waals surface area (Å²) in [7, 11) is 2.14. The summed E-state index contributed by atoms with van der Waals surface area (Å²) in [5.41, 5.74) is 0.236. The van der Waals surface area contributed by atoms with Crippen LogP contribution in [0.4, 0.5) is 0 Å². The summed E-state index contributed by atoms with van der Waals surface area (Å²) in [4.78, 5) is 2.31. The second-order valence-electron chi connectivity index (χ2n) is 3.02. The Morgan fingerprint density at radius 2 is 2.25 bits per heavy atom. The Morgan fingerprint density at radius 1 is 1.62 bits per heavy atom. The number of rotatable bonds is 0. The van der Waals surface area contributed by atoms with Crippen molar-refractivity contribution in [2.24, 2.45) is 0 Å². The van der Waals surface area contributed by atoms with Gasteiger partial charge in [-0.3, -0.25) is 0 Å². The summed E-state index contributed by atoms with van der Waals surface area (Å²) in [6.45, 7) is 7.49. The molecule has 1 aliphatic heterocycles. The third-order valence-corrected chi connectivity index (χ3v) is 2.13. The summed E-state index contributed by atoms with van der Waals surface area (Å²) in [5, 5.41) is 0. The van der Waals surface area contributed by atoms with Crippen molar-refractivity contribution < 1.29 is 0 Å². The molecule has 0 aromatic carbocycles. The van der Waals surface area contributed by atoms with Crippen molar-refractivity contribution in [1.82, 2.24) is 4.90 Å². The molecule has 1 aliphatic rings. The van der Waals surface area contributed by atoms with E-state index in [1.807, 2.05) is 0 Å². The minimum absolute atomic E-state index is 0.236. The van der Waals surface area contributed by atoms with E-state index in [0.29, 0.717) is 0 Å². The molecule has 1 fully saturated rings. The van der Waals surface area contributed by atoms with Gasteiger partial charge in [0.2, 0.25) is 0 Å². The molecule has 1 heterocycles. The minimum atomic E-state index is 0.236. The van der Waals surface area contributed by atoms with E-state index in [2.05, 4.69) is 25.8 Å². The molecule has 0 spiro atoms. The molecule has 1 unspecified atom stereocenters. The number of nitrogens with zero attached hydrogens (tertiary/aromatic N) is 1. The van der Waals surface area contributed by atoms with Gasteiger partial charge in [-0.25, -0.2) is 0 Å². The Labute approximate surface area is 51.7 Å². The lowest BCUT2D eigenvalue weighted by Gasteiger charge is -2.26. The fourth-order valence-corrected chi connectivity index (χ4v) is 1.16. The summed E-state index contributed by atoms with van der Waals surface area (Å²) in [6, 6.07) is 0. The van der Waals surface area contributed by atoms with E-state index in [1.54, 1.807) is 0 Å². The fraction of sp³-hybridized carbons (Fsp3) is 0.857. The number of hydrogen-bond donors (Lipinski definition) is 0. The van der Waals surface area contributed by atoms with Gasteiger partial charge < -0.3 is 4.90 Å². The van der Waals surface area contributed by atoms with Crippen molar-refractivity contribution in [3.05, 3.63) is 6.92 Å². The molecule has 0 aromatic rings. The van der Waals surface area contributed by atoms with Gasteiger partial charge in [0.15, 0.2) is 0 Å². The van der Waals surface area contributed by atoms with Gasteiger partial charge in [-0.05, 0) is 40.3 Å². The average Bonchev–Trinajstić information content (AvgIpc) is 1.86. The van der Waals surface area contributed by atoms with E-state index in [1.165, 1.54) is 19.4 Å². The van der Waals surface area contributed by atoms with Crippen LogP contribution in [0.15, 0.2) is 0 Å². The maximum absolute atomic E-state index is 4.08. The second-order valence-corrected chi connectivity index (χ2v) is 3.02. The molecule has 0 bridgehead atoms. The van der Waals surface area contributed by atoms with Crippen LogP contribution in [-0.4, -0.2) is 24.0 Å². The first-order valence-corrected chi connectivity index (χ1v) is 3.19. The van der Waals surface area contributed by atoms with Gasteiger partial charge in [-0.15, -0.1) is 0 Å². The molecule has 0 amide bonds. The molecule has 0 N–H and O–H groups in total. The molecule has 0 aromatic heterocycles. The normalized spacial score (nSPS) is 28.9. The SMILES string of the molecule is [CH2]C1(C)CCCN1C. The highest BCUT2D eigenvalue weighted by Gasteiger charge is 2.28. The lowest BCUT2D eigenvalue weighted by molar-refractivity contribution is 0.248. The first-order chi connectivity index (χ1) is 3.63. The van der Waals surface area contributed by atoms with Crippen molar-refractivity contribution in [2.45, 2.75) is 25.3 Å². The molecule has 1 saturated heterocycles. The van der Waals surface area contributed by atoms with Crippen LogP contribution in [0.5, 0.6) is 0 Å². The van der Waals surface area contributed by atoms with E-state index in [-0.39, 0.29) is 5.54 Å². The molecule has 1 nitrogen and oxygen atoms in total. The lowest BCUT2D eigenvalue weighted by atomic mass is 10.0. The standard InChI is InChI=1S/C7H14N/c1-7(2)5-4-6-8(7)3/h1,4-6H2,2-3H3. The highest BCUT2D eigenvalue weighted by atomic mass is 15.2. The van der Waals surface area contributed by atoms with E-state index >= 15 is 0 Å². The number of likely N-dealkylation sites (tertiary alicyclic amines) is 1. The Hall–Kier alpha value is -0.0400. The van der Waals surface area contributed by atoms with Crippen LogP contribution in [0.1, 0.15) is 19.8 Å². The molecular weight excluding hydrogens is 98.1 g/mol. The Kier molecular flexibility index (Phi) is 1.31. The van der Waals surface area contributed by atoms with Gasteiger partial charge in [-0.2, -0.15) is 0 Å². The molecule has 0 saturated carbocycles. The maximum Gasteiger partial charge on any atom is 0.0179 e. The van der Waals surface area contributed by atoms with Crippen LogP contribution >= 0.6 is 0 Å². The lowest BCUT2D eigenvalue weighted by Crippen LogP contribution is -2.34. The zero-order valence-corrected chi connectivity index (χ0v) is 5.78. The van der Waals surface area contributed by atoms with E-state index in [9.17, 15) is 0 Å². The van der Waals surface area contributed by atoms with Gasteiger partial charge in [0.1, 0.15) is 0 Å². The molecule has 1 heteroatoms. The summed E-state index contributed by atoms with van der Waals surface area (Å²) >= 11 is 0. The van der Waals surface area contributed by atoms with Gasteiger partial charge in [0, 0.05) is 5.54 Å². The van der Waals surface area contributed by atoms with E-state index in [0.717, 1.165) is 0 Å². The van der Waals surface area contributed by atoms with Crippen molar-refractivity contribution in [2.75, 3.05) is 13.6 Å². The summed E-state index contributed by atoms with van der Waals surface area (Å²) in [6.07, 6.45) is 2.57. The van der Waals surface area contributed by atoms with Crippen molar-refractivity contribution in [1.29, 1.82) is 0 Å². The quantitative estimate of drug-likeness (QED) is 0.456. The monoisotopic (exact) mass is 112 g/mol. The predicted molar refractivity (Wildman–Crippen MR) is 35.6 cm³/mol. The second kappa shape index (κ2) is 1.73. The zero-order valence-electron chi connectivity index (χ0n) is 5.78. The minimum Gasteiger partial charge on any atom is -0.301 e. The van der Waals surface area contributed by atoms with Gasteiger partial charge >= 0.3 is 0 Å². The number of hydrogen-bond acceptors (Lipinski definition) is 1. The molecule has 1 atom stereocenters. The summed E-state index contributed by atoms with van der Waals surface area (Å²) in [5.74, 6) is 0. The zero-order chi connectivity index (χ0) is 6.20. The van der Waals surface area contributed by atoms with Gasteiger partial charge in [0.05, 0.1) is 0 Å². The molecule has 1 rings (SSSR count). The third kappa shape index (κ3) is 0.873. The van der Waals surface area contributed by atoms with Gasteiger partial charge in [0.25, 0.3) is 0 Å². The average molecular weight is 112 g/mol. The van der Waals surface area contributed by atoms with Crippen molar-refractivity contribution in [3.8, 4) is 0 Å². The molecule has 8 heavy (non-hydrogen) atoms. The predicted octanol–water partition coefficient (Wildman–Crippen LogP) is 1.30. The molecule has 47 valence electrons. The molecule has 0 aliphatic carbocycles. The van der Waals surface area contributed by atoms with Crippen LogP contribution in [-0.2, 0) is 0 Å². The highest BCUT2D eigenvalue weighted by Crippen LogP contribution is 2.24. The Bertz CT molecular complexity index is 86.4. The van der Waals surface area contributed by atoms with Crippen molar-refractivity contribution in [3.63, 3.8) is 0 Å². The smallest absolute Gasteiger partial charge is 0.0179 e. The Balaban J connectivity index is 2.54. The van der Waals surface area contributed by atoms with Crippen LogP contribution < -0.4 is 0 Å².